The highest BCUT2D eigenvalue weighted by molar-refractivity contribution is 5.90. The Hall–Kier alpha value is -1.75. The summed E-state index contributed by atoms with van der Waals surface area (Å²) < 4.78 is 5.45. The van der Waals surface area contributed by atoms with E-state index < -0.39 is 0 Å². The number of amides is 2. The van der Waals surface area contributed by atoms with Gasteiger partial charge in [-0.05, 0) is 26.1 Å². The summed E-state index contributed by atoms with van der Waals surface area (Å²) in [6.45, 7) is 3.90. The average Bonchev–Trinajstić information content (AvgIpc) is 2.38. The van der Waals surface area contributed by atoms with Gasteiger partial charge < -0.3 is 20.3 Å². The van der Waals surface area contributed by atoms with Crippen LogP contribution in [0.15, 0.2) is 24.3 Å². The van der Waals surface area contributed by atoms with Gasteiger partial charge in [-0.1, -0.05) is 12.1 Å². The van der Waals surface area contributed by atoms with Gasteiger partial charge in [0, 0.05) is 20.1 Å². The van der Waals surface area contributed by atoms with Gasteiger partial charge in [-0.15, -0.1) is 0 Å². The minimum absolute atomic E-state index is 0.141. The molecule has 0 heterocycles. The molecule has 0 aromatic heterocycles. The Kier molecular flexibility index (Phi) is 6.00. The molecule has 0 bridgehead atoms. The second-order valence-corrected chi connectivity index (χ2v) is 3.88. The van der Waals surface area contributed by atoms with Gasteiger partial charge in [0.2, 0.25) is 0 Å². The van der Waals surface area contributed by atoms with Crippen LogP contribution in [0, 0.1) is 0 Å². The topological polar surface area (TPSA) is 53.6 Å². The van der Waals surface area contributed by atoms with Crippen molar-refractivity contribution in [3.63, 3.8) is 0 Å². The molecule has 18 heavy (non-hydrogen) atoms. The molecule has 1 aromatic carbocycles. The molecular weight excluding hydrogens is 230 g/mol. The smallest absolute Gasteiger partial charge is 0.321 e. The molecular formula is C13H21N3O2. The average molecular weight is 251 g/mol. The largest absolute Gasteiger partial charge is 0.492 e. The molecule has 0 spiro atoms. The number of nitrogens with one attached hydrogen (secondary N) is 2. The van der Waals surface area contributed by atoms with Crippen LogP contribution in [0.1, 0.15) is 6.92 Å². The second kappa shape index (κ2) is 7.55. The van der Waals surface area contributed by atoms with Gasteiger partial charge in [0.25, 0.3) is 0 Å². The summed E-state index contributed by atoms with van der Waals surface area (Å²) in [6, 6.07) is 7.27. The quantitative estimate of drug-likeness (QED) is 0.810. The number of hydrogen-bond donors (Lipinski definition) is 2. The standard InChI is InChI=1S/C13H21N3O2/c1-4-18-12-8-6-5-7-11(12)15-13(17)16(3)10-9-14-2/h5-8,14H,4,9-10H2,1-3H3,(H,15,17). The molecule has 1 rings (SSSR count). The van der Waals surface area contributed by atoms with E-state index in [1.54, 1.807) is 11.9 Å². The van der Waals surface area contributed by atoms with Crippen molar-refractivity contribution < 1.29 is 9.53 Å². The van der Waals surface area contributed by atoms with E-state index in [4.69, 9.17) is 4.74 Å². The molecule has 0 atom stereocenters. The lowest BCUT2D eigenvalue weighted by Crippen LogP contribution is -2.36. The molecule has 0 aliphatic rings. The van der Waals surface area contributed by atoms with E-state index >= 15 is 0 Å². The highest BCUT2D eigenvalue weighted by atomic mass is 16.5. The predicted molar refractivity (Wildman–Crippen MR) is 73.2 cm³/mol. The summed E-state index contributed by atoms with van der Waals surface area (Å²) in [4.78, 5) is 13.5. The van der Waals surface area contributed by atoms with Crippen molar-refractivity contribution in [2.45, 2.75) is 6.92 Å². The molecule has 0 radical (unpaired) electrons. The van der Waals surface area contributed by atoms with Crippen molar-refractivity contribution in [3.8, 4) is 5.75 Å². The number of nitrogens with zero attached hydrogens (tertiary/aromatic N) is 1. The Morgan fingerprint density at radius 1 is 1.39 bits per heavy atom. The zero-order valence-corrected chi connectivity index (χ0v) is 11.2. The van der Waals surface area contributed by atoms with Crippen molar-refractivity contribution in [2.24, 2.45) is 0 Å². The number of anilines is 1. The zero-order chi connectivity index (χ0) is 13.4. The molecule has 5 nitrogen and oxygen atoms in total. The first-order valence-corrected chi connectivity index (χ1v) is 6.07. The minimum atomic E-state index is -0.141. The Morgan fingerprint density at radius 2 is 2.11 bits per heavy atom. The number of ether oxygens (including phenoxy) is 1. The summed E-state index contributed by atoms with van der Waals surface area (Å²) >= 11 is 0. The van der Waals surface area contributed by atoms with Crippen LogP contribution in [-0.2, 0) is 0 Å². The van der Waals surface area contributed by atoms with Crippen LogP contribution < -0.4 is 15.4 Å². The molecule has 0 fully saturated rings. The maximum Gasteiger partial charge on any atom is 0.321 e. The van der Waals surface area contributed by atoms with Gasteiger partial charge in [-0.3, -0.25) is 0 Å². The first-order chi connectivity index (χ1) is 8.69. The van der Waals surface area contributed by atoms with Crippen LogP contribution in [0.5, 0.6) is 5.75 Å². The van der Waals surface area contributed by atoms with Gasteiger partial charge in [-0.25, -0.2) is 4.79 Å². The van der Waals surface area contributed by atoms with Crippen molar-refractivity contribution in [1.82, 2.24) is 10.2 Å². The van der Waals surface area contributed by atoms with Crippen LogP contribution in [0.2, 0.25) is 0 Å². The number of carbonyl (C=O) groups excluding carboxylic acids is 1. The molecule has 0 aliphatic heterocycles. The number of rotatable bonds is 6. The summed E-state index contributed by atoms with van der Waals surface area (Å²) in [6.07, 6.45) is 0. The molecule has 0 saturated carbocycles. The Balaban J connectivity index is 2.63. The molecule has 0 saturated heterocycles. The van der Waals surface area contributed by atoms with Crippen LogP contribution in [0.25, 0.3) is 0 Å². The molecule has 100 valence electrons. The lowest BCUT2D eigenvalue weighted by molar-refractivity contribution is 0.222. The normalized spacial score (nSPS) is 9.94. The molecule has 0 aliphatic carbocycles. The lowest BCUT2D eigenvalue weighted by atomic mass is 10.3. The lowest BCUT2D eigenvalue weighted by Gasteiger charge is -2.19. The SMILES string of the molecule is CCOc1ccccc1NC(=O)N(C)CCNC. The van der Waals surface area contributed by atoms with Crippen LogP contribution in [-0.4, -0.2) is 44.7 Å². The molecule has 1 aromatic rings. The van der Waals surface area contributed by atoms with E-state index in [9.17, 15) is 4.79 Å². The van der Waals surface area contributed by atoms with Gasteiger partial charge in [0.05, 0.1) is 12.3 Å². The summed E-state index contributed by atoms with van der Waals surface area (Å²) in [7, 11) is 3.62. The maximum absolute atomic E-state index is 11.9. The Labute approximate surface area is 108 Å². The van der Waals surface area contributed by atoms with Gasteiger partial charge >= 0.3 is 6.03 Å². The monoisotopic (exact) mass is 251 g/mol. The van der Waals surface area contributed by atoms with Crippen molar-refractivity contribution >= 4 is 11.7 Å². The third-order valence-electron chi connectivity index (χ3n) is 2.47. The highest BCUT2D eigenvalue weighted by Gasteiger charge is 2.10. The van der Waals surface area contributed by atoms with E-state index in [0.717, 1.165) is 6.54 Å². The van der Waals surface area contributed by atoms with E-state index in [-0.39, 0.29) is 6.03 Å². The number of hydrogen-bond acceptors (Lipinski definition) is 3. The number of likely N-dealkylation sites (N-methyl/N-ethyl adjacent to an activating group) is 2. The van der Waals surface area contributed by atoms with Gasteiger partial charge in [0.1, 0.15) is 5.75 Å². The first-order valence-electron chi connectivity index (χ1n) is 6.07. The van der Waals surface area contributed by atoms with Crippen molar-refractivity contribution in [2.75, 3.05) is 39.1 Å². The molecule has 5 heteroatoms. The summed E-state index contributed by atoms with van der Waals surface area (Å²) in [5, 5.41) is 5.84. The van der Waals surface area contributed by atoms with Gasteiger partial charge in [0.15, 0.2) is 0 Å². The van der Waals surface area contributed by atoms with Crippen LogP contribution in [0.4, 0.5) is 10.5 Å². The molecule has 2 amide bonds. The van der Waals surface area contributed by atoms with E-state index in [2.05, 4.69) is 10.6 Å². The van der Waals surface area contributed by atoms with Crippen molar-refractivity contribution in [3.05, 3.63) is 24.3 Å². The highest BCUT2D eigenvalue weighted by Crippen LogP contribution is 2.23. The second-order valence-electron chi connectivity index (χ2n) is 3.88. The molecule has 0 unspecified atom stereocenters. The van der Waals surface area contributed by atoms with Crippen LogP contribution in [0.3, 0.4) is 0 Å². The minimum Gasteiger partial charge on any atom is -0.492 e. The third-order valence-corrected chi connectivity index (χ3v) is 2.47. The number of carbonyl (C=O) groups is 1. The van der Waals surface area contributed by atoms with Gasteiger partial charge in [-0.2, -0.15) is 0 Å². The fraction of sp³-hybridized carbons (Fsp3) is 0.462. The van der Waals surface area contributed by atoms with E-state index in [1.807, 2.05) is 38.2 Å². The third kappa shape index (κ3) is 4.25. The fourth-order valence-corrected chi connectivity index (χ4v) is 1.44. The summed E-state index contributed by atoms with van der Waals surface area (Å²) in [5.41, 5.74) is 0.695. The Morgan fingerprint density at radius 3 is 2.78 bits per heavy atom. The summed E-state index contributed by atoms with van der Waals surface area (Å²) in [5.74, 6) is 0.690. The van der Waals surface area contributed by atoms with E-state index in [1.165, 1.54) is 0 Å². The van der Waals surface area contributed by atoms with E-state index in [0.29, 0.717) is 24.6 Å². The molecule has 2 N–H and O–H groups in total. The van der Waals surface area contributed by atoms with Crippen molar-refractivity contribution in [1.29, 1.82) is 0 Å². The Bertz CT molecular complexity index is 382. The zero-order valence-electron chi connectivity index (χ0n) is 11.2. The number of benzene rings is 1. The number of para-hydroxylation sites is 2. The predicted octanol–water partition coefficient (Wildman–Crippen LogP) is 1.77. The fourth-order valence-electron chi connectivity index (χ4n) is 1.44. The first kappa shape index (κ1) is 14.3. The van der Waals surface area contributed by atoms with Crippen LogP contribution >= 0.6 is 0 Å². The maximum atomic E-state index is 11.9. The number of urea groups is 1.